The molecule has 0 spiro atoms. The van der Waals surface area contributed by atoms with Gasteiger partial charge in [0.2, 0.25) is 0 Å². The van der Waals surface area contributed by atoms with Gasteiger partial charge in [-0.15, -0.1) is 0 Å². The summed E-state index contributed by atoms with van der Waals surface area (Å²) in [5, 5.41) is 0. The Morgan fingerprint density at radius 2 is 2.18 bits per heavy atom. The normalized spacial score (nSPS) is 33.4. The van der Waals surface area contributed by atoms with Crippen molar-refractivity contribution in [1.82, 2.24) is 0 Å². The molecule has 2 nitrogen and oxygen atoms in total. The minimum Gasteiger partial charge on any atom is -0.381 e. The van der Waals surface area contributed by atoms with E-state index in [1.54, 1.807) is 0 Å². The molecule has 1 aliphatic carbocycles. The second-order valence-corrected chi connectivity index (χ2v) is 3.75. The van der Waals surface area contributed by atoms with Crippen molar-refractivity contribution in [3.63, 3.8) is 0 Å². The lowest BCUT2D eigenvalue weighted by Crippen LogP contribution is -2.00. The van der Waals surface area contributed by atoms with Crippen molar-refractivity contribution >= 4 is 6.29 Å². The third-order valence-corrected chi connectivity index (χ3v) is 2.79. The highest BCUT2D eigenvalue weighted by Gasteiger charge is 2.57. The van der Waals surface area contributed by atoms with Gasteiger partial charge in [-0.2, -0.15) is 0 Å². The van der Waals surface area contributed by atoms with E-state index in [-0.39, 0.29) is 11.3 Å². The number of hydrogen-bond acceptors (Lipinski definition) is 2. The molecule has 0 N–H and O–H groups in total. The van der Waals surface area contributed by atoms with Crippen LogP contribution in [0.4, 0.5) is 0 Å². The highest BCUT2D eigenvalue weighted by atomic mass is 16.5. The van der Waals surface area contributed by atoms with E-state index >= 15 is 0 Å². The summed E-state index contributed by atoms with van der Waals surface area (Å²) < 4.78 is 5.27. The van der Waals surface area contributed by atoms with Gasteiger partial charge >= 0.3 is 0 Å². The maximum Gasteiger partial charge on any atom is 0.124 e. The molecule has 11 heavy (non-hydrogen) atoms. The standard InChI is InChI=1S/C9H16O2/c1-4-11-6-8-7(5-10)9(8,2)3/h5,7-8H,4,6H2,1-3H3/t7-,8?/m1/s1. The van der Waals surface area contributed by atoms with Crippen LogP contribution in [0.25, 0.3) is 0 Å². The zero-order chi connectivity index (χ0) is 8.48. The average Bonchev–Trinajstić information content (AvgIpc) is 2.48. The molecule has 2 atom stereocenters. The quantitative estimate of drug-likeness (QED) is 0.576. The molecule has 1 unspecified atom stereocenters. The number of rotatable bonds is 4. The maximum absolute atomic E-state index is 10.5. The van der Waals surface area contributed by atoms with Crippen molar-refractivity contribution in [2.75, 3.05) is 13.2 Å². The Balaban J connectivity index is 2.33. The lowest BCUT2D eigenvalue weighted by atomic mass is 10.1. The van der Waals surface area contributed by atoms with Gasteiger partial charge in [0.25, 0.3) is 0 Å². The fourth-order valence-electron chi connectivity index (χ4n) is 1.62. The van der Waals surface area contributed by atoms with Crippen molar-refractivity contribution < 1.29 is 9.53 Å². The van der Waals surface area contributed by atoms with Crippen LogP contribution in [0.3, 0.4) is 0 Å². The molecule has 0 aromatic heterocycles. The number of aldehydes is 1. The Bertz CT molecular complexity index is 152. The molecule has 1 fully saturated rings. The van der Waals surface area contributed by atoms with E-state index in [1.165, 1.54) is 0 Å². The predicted octanol–water partition coefficient (Wildman–Crippen LogP) is 1.49. The van der Waals surface area contributed by atoms with Crippen LogP contribution in [-0.2, 0) is 9.53 Å². The van der Waals surface area contributed by atoms with Crippen molar-refractivity contribution in [3.8, 4) is 0 Å². The molecule has 0 saturated heterocycles. The Morgan fingerprint density at radius 3 is 2.55 bits per heavy atom. The van der Waals surface area contributed by atoms with Gasteiger partial charge in [0.15, 0.2) is 0 Å². The van der Waals surface area contributed by atoms with E-state index in [0.29, 0.717) is 5.92 Å². The second-order valence-electron chi connectivity index (χ2n) is 3.75. The number of hydrogen-bond donors (Lipinski definition) is 0. The summed E-state index contributed by atoms with van der Waals surface area (Å²) in [5.41, 5.74) is 0.191. The van der Waals surface area contributed by atoms with Crippen LogP contribution in [0.2, 0.25) is 0 Å². The molecule has 0 radical (unpaired) electrons. The van der Waals surface area contributed by atoms with Gasteiger partial charge in [0.05, 0.1) is 6.61 Å². The molecule has 1 aliphatic rings. The first-order chi connectivity index (χ1) is 5.14. The van der Waals surface area contributed by atoms with Crippen LogP contribution >= 0.6 is 0 Å². The van der Waals surface area contributed by atoms with E-state index in [1.807, 2.05) is 6.92 Å². The van der Waals surface area contributed by atoms with Gasteiger partial charge < -0.3 is 9.53 Å². The molecule has 64 valence electrons. The number of carbonyl (C=O) groups excluding carboxylic acids is 1. The van der Waals surface area contributed by atoms with E-state index in [0.717, 1.165) is 19.5 Å². The van der Waals surface area contributed by atoms with Crippen LogP contribution in [0, 0.1) is 17.3 Å². The summed E-state index contributed by atoms with van der Waals surface area (Å²) in [6.07, 6.45) is 1.06. The molecule has 0 aromatic carbocycles. The number of carbonyl (C=O) groups is 1. The van der Waals surface area contributed by atoms with Gasteiger partial charge in [-0.1, -0.05) is 13.8 Å². The first kappa shape index (κ1) is 8.72. The minimum absolute atomic E-state index is 0.191. The summed E-state index contributed by atoms with van der Waals surface area (Å²) in [5.74, 6) is 0.689. The summed E-state index contributed by atoms with van der Waals surface area (Å²) in [7, 11) is 0. The molecule has 2 heteroatoms. The Morgan fingerprint density at radius 1 is 1.55 bits per heavy atom. The zero-order valence-electron chi connectivity index (χ0n) is 7.46. The monoisotopic (exact) mass is 156 g/mol. The Hall–Kier alpha value is -0.370. The van der Waals surface area contributed by atoms with Crippen LogP contribution < -0.4 is 0 Å². The molecule has 1 saturated carbocycles. The predicted molar refractivity (Wildman–Crippen MR) is 43.3 cm³/mol. The second kappa shape index (κ2) is 2.94. The van der Waals surface area contributed by atoms with Crippen LogP contribution in [0.15, 0.2) is 0 Å². The summed E-state index contributed by atoms with van der Waals surface area (Å²) in [6.45, 7) is 7.71. The lowest BCUT2D eigenvalue weighted by molar-refractivity contribution is -0.109. The Labute approximate surface area is 67.9 Å². The third-order valence-electron chi connectivity index (χ3n) is 2.79. The first-order valence-electron chi connectivity index (χ1n) is 4.17. The van der Waals surface area contributed by atoms with Crippen molar-refractivity contribution in [3.05, 3.63) is 0 Å². The van der Waals surface area contributed by atoms with Gasteiger partial charge in [0.1, 0.15) is 6.29 Å². The molecular weight excluding hydrogens is 140 g/mol. The van der Waals surface area contributed by atoms with Crippen LogP contribution in [-0.4, -0.2) is 19.5 Å². The van der Waals surface area contributed by atoms with Crippen LogP contribution in [0.1, 0.15) is 20.8 Å². The molecule has 0 amide bonds. The van der Waals surface area contributed by atoms with Gasteiger partial charge in [-0.25, -0.2) is 0 Å². The fourth-order valence-corrected chi connectivity index (χ4v) is 1.62. The average molecular weight is 156 g/mol. The highest BCUT2D eigenvalue weighted by molar-refractivity contribution is 5.61. The highest BCUT2D eigenvalue weighted by Crippen LogP contribution is 2.56. The third kappa shape index (κ3) is 1.45. The largest absolute Gasteiger partial charge is 0.381 e. The van der Waals surface area contributed by atoms with E-state index in [9.17, 15) is 4.79 Å². The van der Waals surface area contributed by atoms with Crippen LogP contribution in [0.5, 0.6) is 0 Å². The molecule has 1 rings (SSSR count). The Kier molecular flexibility index (Phi) is 2.33. The minimum atomic E-state index is 0.191. The molecule has 0 bridgehead atoms. The van der Waals surface area contributed by atoms with E-state index in [2.05, 4.69) is 13.8 Å². The smallest absolute Gasteiger partial charge is 0.124 e. The van der Waals surface area contributed by atoms with Gasteiger partial charge in [-0.05, 0) is 18.3 Å². The maximum atomic E-state index is 10.5. The zero-order valence-corrected chi connectivity index (χ0v) is 7.46. The summed E-state index contributed by atoms with van der Waals surface area (Å²) in [4.78, 5) is 10.5. The molecule has 0 heterocycles. The fraction of sp³-hybridized carbons (Fsp3) is 0.889. The van der Waals surface area contributed by atoms with Crippen molar-refractivity contribution in [1.29, 1.82) is 0 Å². The SMILES string of the molecule is CCOCC1[C@@H](C=O)C1(C)C. The lowest BCUT2D eigenvalue weighted by Gasteiger charge is -2.01. The van der Waals surface area contributed by atoms with E-state index < -0.39 is 0 Å². The first-order valence-corrected chi connectivity index (χ1v) is 4.17. The van der Waals surface area contributed by atoms with Gasteiger partial charge in [-0.3, -0.25) is 0 Å². The van der Waals surface area contributed by atoms with Crippen molar-refractivity contribution in [2.45, 2.75) is 20.8 Å². The van der Waals surface area contributed by atoms with Crippen molar-refractivity contribution in [2.24, 2.45) is 17.3 Å². The summed E-state index contributed by atoms with van der Waals surface area (Å²) in [6, 6.07) is 0. The molecular formula is C9H16O2. The van der Waals surface area contributed by atoms with E-state index in [4.69, 9.17) is 4.74 Å². The molecule has 0 aromatic rings. The molecule has 0 aliphatic heterocycles. The summed E-state index contributed by atoms with van der Waals surface area (Å²) >= 11 is 0. The topological polar surface area (TPSA) is 26.3 Å². The number of ether oxygens (including phenoxy) is 1. The van der Waals surface area contributed by atoms with Gasteiger partial charge in [0, 0.05) is 12.5 Å².